The number of methoxy groups -OCH3 is 2. The first-order chi connectivity index (χ1) is 16.0. The van der Waals surface area contributed by atoms with Crippen molar-refractivity contribution in [3.63, 3.8) is 0 Å². The number of benzene rings is 2. The number of amides is 3. The van der Waals surface area contributed by atoms with Gasteiger partial charge in [0.1, 0.15) is 22.9 Å². The summed E-state index contributed by atoms with van der Waals surface area (Å²) in [5.41, 5.74) is 1.69. The van der Waals surface area contributed by atoms with Gasteiger partial charge in [0.2, 0.25) is 0 Å². The first kappa shape index (κ1) is 24.6. The third-order valence-corrected chi connectivity index (χ3v) is 5.02. The summed E-state index contributed by atoms with van der Waals surface area (Å²) < 4.78 is 48.9. The maximum atomic E-state index is 12.8. The van der Waals surface area contributed by atoms with Gasteiger partial charge in [0.15, 0.2) is 0 Å². The van der Waals surface area contributed by atoms with Gasteiger partial charge in [-0.1, -0.05) is 18.2 Å². The number of aromatic nitrogens is 1. The van der Waals surface area contributed by atoms with Crippen molar-refractivity contribution >= 4 is 17.8 Å². The third-order valence-electron chi connectivity index (χ3n) is 5.02. The number of imide groups is 1. The zero-order valence-corrected chi connectivity index (χ0v) is 18.8. The molecule has 0 radical (unpaired) electrons. The Labute approximate surface area is 193 Å². The average molecular weight is 473 g/mol. The molecule has 0 bridgehead atoms. The van der Waals surface area contributed by atoms with E-state index in [0.717, 1.165) is 12.1 Å². The fourth-order valence-corrected chi connectivity index (χ4v) is 3.55. The molecular weight excluding hydrogens is 451 g/mol. The average Bonchev–Trinajstić information content (AvgIpc) is 2.77. The molecule has 0 aliphatic heterocycles. The molecule has 1 heterocycles. The number of pyridine rings is 1. The van der Waals surface area contributed by atoms with Gasteiger partial charge in [0, 0.05) is 11.3 Å². The molecule has 2 aromatic carbocycles. The van der Waals surface area contributed by atoms with Crippen LogP contribution in [0.2, 0.25) is 0 Å². The lowest BCUT2D eigenvalue weighted by molar-refractivity contribution is -0.137. The highest BCUT2D eigenvalue weighted by molar-refractivity contribution is 6.10. The maximum absolute atomic E-state index is 12.8. The Kier molecular flexibility index (Phi) is 7.09. The smallest absolute Gasteiger partial charge is 0.416 e. The first-order valence-electron chi connectivity index (χ1n) is 10.0. The fraction of sp³-hybridized carbons (Fsp3) is 0.208. The van der Waals surface area contributed by atoms with Crippen LogP contribution in [0.1, 0.15) is 27.2 Å². The number of anilines is 1. The quantitative estimate of drug-likeness (QED) is 0.521. The Morgan fingerprint density at radius 1 is 0.941 bits per heavy atom. The van der Waals surface area contributed by atoms with Crippen molar-refractivity contribution in [2.75, 3.05) is 19.5 Å². The molecule has 0 saturated carbocycles. The molecule has 178 valence electrons. The summed E-state index contributed by atoms with van der Waals surface area (Å²) in [4.78, 5) is 29.4. The lowest BCUT2D eigenvalue weighted by Crippen LogP contribution is -2.35. The van der Waals surface area contributed by atoms with E-state index in [4.69, 9.17) is 9.47 Å². The fourth-order valence-electron chi connectivity index (χ4n) is 3.55. The number of nitrogens with zero attached hydrogens (tertiary/aromatic N) is 1. The van der Waals surface area contributed by atoms with Crippen molar-refractivity contribution in [2.45, 2.75) is 20.0 Å². The molecule has 1 aromatic heterocycles. The van der Waals surface area contributed by atoms with Gasteiger partial charge in [0.25, 0.3) is 5.91 Å². The summed E-state index contributed by atoms with van der Waals surface area (Å²) in [7, 11) is 2.78. The number of carbonyl (C=O) groups excluding carboxylic acids is 2. The molecule has 10 heteroatoms. The molecule has 0 atom stereocenters. The van der Waals surface area contributed by atoms with Crippen LogP contribution in [0.3, 0.4) is 0 Å². The van der Waals surface area contributed by atoms with Crippen molar-refractivity contribution in [3.8, 4) is 22.6 Å². The van der Waals surface area contributed by atoms with Crippen molar-refractivity contribution in [1.82, 2.24) is 10.3 Å². The Balaban J connectivity index is 1.79. The third kappa shape index (κ3) is 5.28. The minimum Gasteiger partial charge on any atom is -0.496 e. The molecule has 0 unspecified atom stereocenters. The summed E-state index contributed by atoms with van der Waals surface area (Å²) in [6, 6.07) is 10.3. The van der Waals surface area contributed by atoms with Gasteiger partial charge in [-0.25, -0.2) is 9.78 Å². The summed E-state index contributed by atoms with van der Waals surface area (Å²) >= 11 is 0. The summed E-state index contributed by atoms with van der Waals surface area (Å²) in [5.74, 6) is -0.102. The molecular formula is C24H22F3N3O4. The summed E-state index contributed by atoms with van der Waals surface area (Å²) in [5, 5.41) is 4.70. The van der Waals surface area contributed by atoms with Gasteiger partial charge in [-0.15, -0.1) is 0 Å². The largest absolute Gasteiger partial charge is 0.496 e. The van der Waals surface area contributed by atoms with Gasteiger partial charge in [0.05, 0.1) is 19.8 Å². The van der Waals surface area contributed by atoms with Crippen LogP contribution in [0, 0.1) is 13.8 Å². The normalized spacial score (nSPS) is 11.0. The SMILES string of the molecule is COc1cccc(OC)c1C(=O)NC(=O)Nc1cc(C)c(-c2ccc(C(F)(F)F)cc2)c(C)n1. The second-order valence-electron chi connectivity index (χ2n) is 7.31. The van der Waals surface area contributed by atoms with Crippen LogP contribution in [0.5, 0.6) is 11.5 Å². The molecule has 3 rings (SSSR count). The van der Waals surface area contributed by atoms with Gasteiger partial charge in [-0.05, 0) is 55.3 Å². The highest BCUT2D eigenvalue weighted by Crippen LogP contribution is 2.33. The number of hydrogen-bond donors (Lipinski definition) is 2. The van der Waals surface area contributed by atoms with Crippen LogP contribution >= 0.6 is 0 Å². The summed E-state index contributed by atoms with van der Waals surface area (Å²) in [6.07, 6.45) is -4.42. The Morgan fingerprint density at radius 2 is 1.53 bits per heavy atom. The standard InChI is InChI=1S/C24H22F3N3O4/c1-13-12-19(28-14(2)20(13)15-8-10-16(11-9-15)24(25,26)27)29-23(32)30-22(31)21-17(33-3)6-5-7-18(21)34-4/h5-12H,1-4H3,(H2,28,29,30,31,32). The van der Waals surface area contributed by atoms with E-state index >= 15 is 0 Å². The minimum atomic E-state index is -4.42. The second-order valence-corrected chi connectivity index (χ2v) is 7.31. The molecule has 3 aromatic rings. The van der Waals surface area contributed by atoms with E-state index in [1.165, 1.54) is 26.4 Å². The number of carbonyl (C=O) groups is 2. The second kappa shape index (κ2) is 9.82. The zero-order chi connectivity index (χ0) is 25.0. The van der Waals surface area contributed by atoms with Crippen molar-refractivity contribution in [2.24, 2.45) is 0 Å². The van der Waals surface area contributed by atoms with Gasteiger partial charge in [-0.3, -0.25) is 15.4 Å². The van der Waals surface area contributed by atoms with Crippen LogP contribution < -0.4 is 20.1 Å². The predicted octanol–water partition coefficient (Wildman–Crippen LogP) is 5.36. The van der Waals surface area contributed by atoms with Crippen molar-refractivity contribution in [3.05, 3.63) is 70.9 Å². The van der Waals surface area contributed by atoms with Crippen LogP contribution in [-0.4, -0.2) is 31.1 Å². The number of hydrogen-bond acceptors (Lipinski definition) is 5. The van der Waals surface area contributed by atoms with Crippen LogP contribution in [0.4, 0.5) is 23.8 Å². The number of halogens is 3. The molecule has 7 nitrogen and oxygen atoms in total. The summed E-state index contributed by atoms with van der Waals surface area (Å²) in [6.45, 7) is 3.42. The van der Waals surface area contributed by atoms with E-state index in [-0.39, 0.29) is 22.9 Å². The predicted molar refractivity (Wildman–Crippen MR) is 120 cm³/mol. The van der Waals surface area contributed by atoms with E-state index in [9.17, 15) is 22.8 Å². The molecule has 0 spiro atoms. The first-order valence-corrected chi connectivity index (χ1v) is 10.0. The number of rotatable bonds is 5. The molecule has 0 fully saturated rings. The van der Waals surface area contributed by atoms with Crippen molar-refractivity contribution in [1.29, 1.82) is 0 Å². The van der Waals surface area contributed by atoms with E-state index in [1.807, 2.05) is 0 Å². The van der Waals surface area contributed by atoms with Crippen LogP contribution in [-0.2, 0) is 6.18 Å². The molecule has 0 saturated heterocycles. The molecule has 0 aliphatic rings. The monoisotopic (exact) mass is 473 g/mol. The Bertz CT molecular complexity index is 1180. The lowest BCUT2D eigenvalue weighted by Gasteiger charge is -2.15. The number of alkyl halides is 3. The van der Waals surface area contributed by atoms with Crippen LogP contribution in [0.25, 0.3) is 11.1 Å². The van der Waals surface area contributed by atoms with Crippen LogP contribution in [0.15, 0.2) is 48.5 Å². The molecule has 3 amide bonds. The van der Waals surface area contributed by atoms with Gasteiger partial charge >= 0.3 is 12.2 Å². The Morgan fingerprint density at radius 3 is 2.03 bits per heavy atom. The lowest BCUT2D eigenvalue weighted by atomic mass is 9.98. The molecule has 34 heavy (non-hydrogen) atoms. The number of nitrogens with one attached hydrogen (secondary N) is 2. The zero-order valence-electron chi connectivity index (χ0n) is 18.8. The highest BCUT2D eigenvalue weighted by atomic mass is 19.4. The topological polar surface area (TPSA) is 89.5 Å². The number of urea groups is 1. The Hall–Kier alpha value is -4.08. The molecule has 2 N–H and O–H groups in total. The van der Waals surface area contributed by atoms with Gasteiger partial charge in [-0.2, -0.15) is 13.2 Å². The van der Waals surface area contributed by atoms with E-state index in [2.05, 4.69) is 15.6 Å². The minimum absolute atomic E-state index is 0.0561. The van der Waals surface area contributed by atoms with E-state index in [0.29, 0.717) is 22.4 Å². The number of aryl methyl sites for hydroxylation is 2. The van der Waals surface area contributed by atoms with E-state index in [1.54, 1.807) is 38.1 Å². The maximum Gasteiger partial charge on any atom is 0.416 e. The van der Waals surface area contributed by atoms with Crippen molar-refractivity contribution < 1.29 is 32.2 Å². The number of ether oxygens (including phenoxy) is 2. The highest BCUT2D eigenvalue weighted by Gasteiger charge is 2.30. The van der Waals surface area contributed by atoms with Gasteiger partial charge < -0.3 is 9.47 Å². The van der Waals surface area contributed by atoms with E-state index < -0.39 is 23.7 Å². The molecule has 0 aliphatic carbocycles.